The van der Waals surface area contributed by atoms with Crippen LogP contribution in [0.1, 0.15) is 18.4 Å². The Balaban J connectivity index is 2.19. The van der Waals surface area contributed by atoms with Crippen LogP contribution in [0.3, 0.4) is 0 Å². The van der Waals surface area contributed by atoms with Crippen LogP contribution < -0.4 is 0 Å². The van der Waals surface area contributed by atoms with Gasteiger partial charge in [-0.2, -0.15) is 0 Å². The van der Waals surface area contributed by atoms with Gasteiger partial charge in [0, 0.05) is 6.42 Å². The number of carbonyl (C=O) groups is 1. The molecule has 4 heteroatoms. The summed E-state index contributed by atoms with van der Waals surface area (Å²) in [7, 11) is 0. The number of hydrogen-bond acceptors (Lipinski definition) is 4. The minimum Gasteiger partial charge on any atom is -0.390 e. The lowest BCUT2D eigenvalue weighted by Crippen LogP contribution is -2.30. The van der Waals surface area contributed by atoms with Crippen molar-refractivity contribution in [3.05, 3.63) is 35.9 Å². The fraction of sp³-hybridized carbons (Fsp3) is 0.462. The fourth-order valence-electron chi connectivity index (χ4n) is 1.41. The maximum Gasteiger partial charge on any atom is 0.120 e. The highest BCUT2D eigenvalue weighted by molar-refractivity contribution is 5.49. The van der Waals surface area contributed by atoms with Crippen LogP contribution in [0.15, 0.2) is 30.3 Å². The molecule has 0 aromatic heterocycles. The molecule has 0 aliphatic heterocycles. The number of aliphatic hydroxyl groups is 2. The van der Waals surface area contributed by atoms with Crippen LogP contribution in [-0.2, 0) is 16.1 Å². The van der Waals surface area contributed by atoms with Crippen molar-refractivity contribution < 1.29 is 19.7 Å². The number of carbonyl (C=O) groups excluding carboxylic acids is 1. The minimum absolute atomic E-state index is 0.0644. The Kier molecular flexibility index (Phi) is 6.47. The highest BCUT2D eigenvalue weighted by atomic mass is 16.5. The van der Waals surface area contributed by atoms with Gasteiger partial charge >= 0.3 is 0 Å². The molecule has 0 radical (unpaired) electrons. The molecule has 0 bridgehead atoms. The average molecular weight is 238 g/mol. The first-order valence-electron chi connectivity index (χ1n) is 5.65. The van der Waals surface area contributed by atoms with Crippen LogP contribution in [0, 0.1) is 0 Å². The Morgan fingerprint density at radius 2 is 1.88 bits per heavy atom. The normalized spacial score (nSPS) is 14.2. The van der Waals surface area contributed by atoms with Gasteiger partial charge in [-0.25, -0.2) is 0 Å². The molecule has 4 nitrogen and oxygen atoms in total. The predicted molar refractivity (Wildman–Crippen MR) is 63.4 cm³/mol. The molecule has 0 fully saturated rings. The van der Waals surface area contributed by atoms with E-state index in [4.69, 9.17) is 4.74 Å². The smallest absolute Gasteiger partial charge is 0.120 e. The molecule has 1 aromatic rings. The van der Waals surface area contributed by atoms with Crippen LogP contribution in [-0.4, -0.2) is 35.3 Å². The van der Waals surface area contributed by atoms with Crippen molar-refractivity contribution in [3.8, 4) is 0 Å². The summed E-state index contributed by atoms with van der Waals surface area (Å²) < 4.78 is 5.28. The van der Waals surface area contributed by atoms with E-state index in [-0.39, 0.29) is 19.4 Å². The number of ether oxygens (including phenoxy) is 1. The molecular weight excluding hydrogens is 220 g/mol. The van der Waals surface area contributed by atoms with E-state index in [9.17, 15) is 15.0 Å². The van der Waals surface area contributed by atoms with Crippen molar-refractivity contribution in [1.29, 1.82) is 0 Å². The third kappa shape index (κ3) is 5.58. The molecule has 0 amide bonds. The maximum atomic E-state index is 10.1. The monoisotopic (exact) mass is 238 g/mol. The maximum absolute atomic E-state index is 10.1. The number of aldehydes is 1. The first-order valence-corrected chi connectivity index (χ1v) is 5.65. The molecule has 1 rings (SSSR count). The zero-order valence-corrected chi connectivity index (χ0v) is 9.66. The summed E-state index contributed by atoms with van der Waals surface area (Å²) in [4.78, 5) is 10.1. The fourth-order valence-corrected chi connectivity index (χ4v) is 1.41. The quantitative estimate of drug-likeness (QED) is 0.660. The summed E-state index contributed by atoms with van der Waals surface area (Å²) in [5.74, 6) is 0. The Morgan fingerprint density at radius 1 is 1.18 bits per heavy atom. The van der Waals surface area contributed by atoms with Crippen LogP contribution in [0.2, 0.25) is 0 Å². The molecule has 94 valence electrons. The predicted octanol–water partition coefficient (Wildman–Crippen LogP) is 0.904. The van der Waals surface area contributed by atoms with E-state index in [1.165, 1.54) is 0 Å². The van der Waals surface area contributed by atoms with E-state index in [1.54, 1.807) is 0 Å². The first kappa shape index (κ1) is 13.8. The summed E-state index contributed by atoms with van der Waals surface area (Å²) in [6, 6.07) is 9.59. The molecule has 2 atom stereocenters. The van der Waals surface area contributed by atoms with E-state index >= 15 is 0 Å². The molecule has 0 unspecified atom stereocenters. The lowest BCUT2D eigenvalue weighted by molar-refractivity contribution is -0.109. The highest BCUT2D eigenvalue weighted by Crippen LogP contribution is 2.05. The number of aliphatic hydroxyl groups excluding tert-OH is 2. The number of rotatable bonds is 8. The van der Waals surface area contributed by atoms with Crippen LogP contribution in [0.5, 0.6) is 0 Å². The molecule has 0 aliphatic carbocycles. The zero-order valence-electron chi connectivity index (χ0n) is 9.66. The summed E-state index contributed by atoms with van der Waals surface area (Å²) in [6.45, 7) is 0.465. The van der Waals surface area contributed by atoms with Gasteiger partial charge in [0.15, 0.2) is 0 Å². The van der Waals surface area contributed by atoms with Gasteiger partial charge < -0.3 is 19.7 Å². The van der Waals surface area contributed by atoms with Gasteiger partial charge in [-0.3, -0.25) is 0 Å². The summed E-state index contributed by atoms with van der Waals surface area (Å²) in [5.41, 5.74) is 1.02. The minimum atomic E-state index is -0.946. The second-order valence-electron chi connectivity index (χ2n) is 3.88. The number of hydrogen-bond donors (Lipinski definition) is 2. The van der Waals surface area contributed by atoms with Crippen molar-refractivity contribution in [2.75, 3.05) is 6.61 Å². The second kappa shape index (κ2) is 7.95. The number of benzene rings is 1. The first-order chi connectivity index (χ1) is 8.24. The Morgan fingerprint density at radius 3 is 2.53 bits per heavy atom. The van der Waals surface area contributed by atoms with Crippen molar-refractivity contribution in [2.24, 2.45) is 0 Å². The molecule has 0 saturated heterocycles. The van der Waals surface area contributed by atoms with Crippen molar-refractivity contribution in [3.63, 3.8) is 0 Å². The van der Waals surface area contributed by atoms with Gasteiger partial charge in [0.05, 0.1) is 19.3 Å². The topological polar surface area (TPSA) is 66.8 Å². The van der Waals surface area contributed by atoms with Gasteiger partial charge in [0.25, 0.3) is 0 Å². The van der Waals surface area contributed by atoms with Crippen LogP contribution in [0.25, 0.3) is 0 Å². The summed E-state index contributed by atoms with van der Waals surface area (Å²) in [6.07, 6.45) is -0.619. The van der Waals surface area contributed by atoms with E-state index in [0.29, 0.717) is 6.61 Å². The molecule has 0 saturated carbocycles. The van der Waals surface area contributed by atoms with Crippen molar-refractivity contribution in [1.82, 2.24) is 0 Å². The third-order valence-corrected chi connectivity index (χ3v) is 2.42. The lowest BCUT2D eigenvalue weighted by atomic mass is 10.1. The zero-order chi connectivity index (χ0) is 12.5. The largest absolute Gasteiger partial charge is 0.390 e. The molecule has 1 aromatic carbocycles. The van der Waals surface area contributed by atoms with Crippen molar-refractivity contribution in [2.45, 2.75) is 31.7 Å². The van der Waals surface area contributed by atoms with Gasteiger partial charge in [-0.1, -0.05) is 30.3 Å². The van der Waals surface area contributed by atoms with Gasteiger partial charge in [-0.15, -0.1) is 0 Å². The standard InChI is InChI=1S/C13H18O4/c14-8-4-7-12(15)13(16)10-17-9-11-5-2-1-3-6-11/h1-3,5-6,8,12-13,15-16H,4,7,9-10H2/t12-,13-/m0/s1. The van der Waals surface area contributed by atoms with Crippen molar-refractivity contribution >= 4 is 6.29 Å². The molecule has 0 spiro atoms. The third-order valence-electron chi connectivity index (χ3n) is 2.42. The van der Waals surface area contributed by atoms with E-state index < -0.39 is 12.2 Å². The molecule has 0 aliphatic rings. The van der Waals surface area contributed by atoms with Crippen LogP contribution >= 0.6 is 0 Å². The molecule has 17 heavy (non-hydrogen) atoms. The summed E-state index contributed by atoms with van der Waals surface area (Å²) >= 11 is 0. The van der Waals surface area contributed by atoms with Gasteiger partial charge in [0.1, 0.15) is 12.4 Å². The van der Waals surface area contributed by atoms with E-state index in [0.717, 1.165) is 11.8 Å². The molecular formula is C13H18O4. The average Bonchev–Trinajstić information content (AvgIpc) is 2.37. The van der Waals surface area contributed by atoms with Gasteiger partial charge in [0.2, 0.25) is 0 Å². The van der Waals surface area contributed by atoms with Gasteiger partial charge in [-0.05, 0) is 12.0 Å². The Labute approximate surface area is 101 Å². The Bertz CT molecular complexity index is 312. The van der Waals surface area contributed by atoms with Crippen LogP contribution in [0.4, 0.5) is 0 Å². The summed E-state index contributed by atoms with van der Waals surface area (Å²) in [5, 5.41) is 19.0. The second-order valence-corrected chi connectivity index (χ2v) is 3.88. The SMILES string of the molecule is O=CCC[C@H](O)[C@@H](O)COCc1ccccc1. The Hall–Kier alpha value is -1.23. The molecule has 2 N–H and O–H groups in total. The van der Waals surface area contributed by atoms with E-state index in [2.05, 4.69) is 0 Å². The molecule has 0 heterocycles. The lowest BCUT2D eigenvalue weighted by Gasteiger charge is -2.16. The highest BCUT2D eigenvalue weighted by Gasteiger charge is 2.15. The van der Waals surface area contributed by atoms with E-state index in [1.807, 2.05) is 30.3 Å².